The molecular formula is C15H15NO3. The first-order valence-electron chi connectivity index (χ1n) is 6.03. The van der Waals surface area contributed by atoms with Gasteiger partial charge in [0.05, 0.1) is 6.61 Å². The fraction of sp³-hybridized carbons (Fsp3) is 0.200. The Bertz CT molecular complexity index is 622. The van der Waals surface area contributed by atoms with Gasteiger partial charge in [0.25, 0.3) is 5.91 Å². The highest BCUT2D eigenvalue weighted by molar-refractivity contribution is 6.00. The SMILES string of the molecule is CC(=O)C(CO)NC(=O)c1ccc2ccccc2c1. The largest absolute Gasteiger partial charge is 0.394 e. The van der Waals surface area contributed by atoms with Gasteiger partial charge in [0, 0.05) is 5.56 Å². The molecule has 1 unspecified atom stereocenters. The van der Waals surface area contributed by atoms with Crippen LogP contribution in [0.1, 0.15) is 17.3 Å². The number of Topliss-reactive ketones (excluding diaryl/α,β-unsaturated/α-hetero) is 1. The third-order valence-electron chi connectivity index (χ3n) is 2.99. The maximum absolute atomic E-state index is 12.0. The first-order chi connectivity index (χ1) is 9.11. The van der Waals surface area contributed by atoms with Crippen molar-refractivity contribution in [3.05, 3.63) is 48.0 Å². The summed E-state index contributed by atoms with van der Waals surface area (Å²) in [5.74, 6) is -0.628. The lowest BCUT2D eigenvalue weighted by Crippen LogP contribution is -2.42. The quantitative estimate of drug-likeness (QED) is 0.872. The Labute approximate surface area is 111 Å². The van der Waals surface area contributed by atoms with E-state index in [1.54, 1.807) is 12.1 Å². The van der Waals surface area contributed by atoms with Crippen LogP contribution in [0.2, 0.25) is 0 Å². The van der Waals surface area contributed by atoms with Crippen molar-refractivity contribution >= 4 is 22.5 Å². The van der Waals surface area contributed by atoms with Gasteiger partial charge in [-0.1, -0.05) is 30.3 Å². The minimum atomic E-state index is -0.848. The monoisotopic (exact) mass is 257 g/mol. The molecule has 0 spiro atoms. The second kappa shape index (κ2) is 5.63. The lowest BCUT2D eigenvalue weighted by atomic mass is 10.1. The summed E-state index contributed by atoms with van der Waals surface area (Å²) in [6, 6.07) is 12.2. The van der Waals surface area contributed by atoms with Crippen molar-refractivity contribution in [2.24, 2.45) is 0 Å². The maximum Gasteiger partial charge on any atom is 0.251 e. The third kappa shape index (κ3) is 2.98. The molecule has 0 aliphatic rings. The molecule has 4 nitrogen and oxygen atoms in total. The van der Waals surface area contributed by atoms with Crippen LogP contribution in [0.5, 0.6) is 0 Å². The van der Waals surface area contributed by atoms with E-state index >= 15 is 0 Å². The van der Waals surface area contributed by atoms with E-state index in [1.807, 2.05) is 30.3 Å². The molecule has 0 aliphatic heterocycles. The van der Waals surface area contributed by atoms with E-state index in [2.05, 4.69) is 5.32 Å². The van der Waals surface area contributed by atoms with E-state index in [4.69, 9.17) is 5.11 Å². The number of carbonyl (C=O) groups is 2. The van der Waals surface area contributed by atoms with Crippen molar-refractivity contribution in [1.82, 2.24) is 5.32 Å². The fourth-order valence-electron chi connectivity index (χ4n) is 1.85. The molecule has 19 heavy (non-hydrogen) atoms. The van der Waals surface area contributed by atoms with E-state index in [9.17, 15) is 9.59 Å². The summed E-state index contributed by atoms with van der Waals surface area (Å²) in [5.41, 5.74) is 0.471. The van der Waals surface area contributed by atoms with Crippen molar-refractivity contribution in [3.8, 4) is 0 Å². The third-order valence-corrected chi connectivity index (χ3v) is 2.99. The zero-order valence-corrected chi connectivity index (χ0v) is 10.6. The average Bonchev–Trinajstić information content (AvgIpc) is 2.43. The summed E-state index contributed by atoms with van der Waals surface area (Å²) >= 11 is 0. The Kier molecular flexibility index (Phi) is 3.92. The Morgan fingerprint density at radius 3 is 2.47 bits per heavy atom. The van der Waals surface area contributed by atoms with E-state index in [0.29, 0.717) is 5.56 Å². The summed E-state index contributed by atoms with van der Waals surface area (Å²) in [4.78, 5) is 23.2. The van der Waals surface area contributed by atoms with Gasteiger partial charge in [-0.3, -0.25) is 9.59 Å². The second-order valence-corrected chi connectivity index (χ2v) is 4.38. The van der Waals surface area contributed by atoms with Crippen LogP contribution in [-0.2, 0) is 4.79 Å². The van der Waals surface area contributed by atoms with Crippen LogP contribution in [-0.4, -0.2) is 29.4 Å². The first kappa shape index (κ1) is 13.2. The van der Waals surface area contributed by atoms with Crippen molar-refractivity contribution in [2.45, 2.75) is 13.0 Å². The predicted molar refractivity (Wildman–Crippen MR) is 73.0 cm³/mol. The zero-order valence-electron chi connectivity index (χ0n) is 10.6. The minimum Gasteiger partial charge on any atom is -0.394 e. The first-order valence-corrected chi connectivity index (χ1v) is 6.03. The van der Waals surface area contributed by atoms with E-state index < -0.39 is 12.6 Å². The molecule has 2 aromatic rings. The molecule has 2 N–H and O–H groups in total. The van der Waals surface area contributed by atoms with Gasteiger partial charge in [-0.05, 0) is 29.8 Å². The molecular weight excluding hydrogens is 242 g/mol. The van der Waals surface area contributed by atoms with Crippen LogP contribution in [0.3, 0.4) is 0 Å². The lowest BCUT2D eigenvalue weighted by molar-refractivity contribution is -0.119. The Morgan fingerprint density at radius 2 is 1.84 bits per heavy atom. The molecule has 0 saturated carbocycles. The molecule has 0 aromatic heterocycles. The van der Waals surface area contributed by atoms with Crippen molar-refractivity contribution < 1.29 is 14.7 Å². The standard InChI is InChI=1S/C15H15NO3/c1-10(18)14(9-17)16-15(19)13-7-6-11-4-2-3-5-12(11)8-13/h2-8,14,17H,9H2,1H3,(H,16,19). The summed E-state index contributed by atoms with van der Waals surface area (Å²) in [6.07, 6.45) is 0. The number of rotatable bonds is 4. The highest BCUT2D eigenvalue weighted by Crippen LogP contribution is 2.15. The number of fused-ring (bicyclic) bond motifs is 1. The summed E-state index contributed by atoms with van der Waals surface area (Å²) in [7, 11) is 0. The topological polar surface area (TPSA) is 66.4 Å². The number of benzene rings is 2. The molecule has 0 bridgehead atoms. The summed E-state index contributed by atoms with van der Waals surface area (Å²) in [5, 5.41) is 13.5. The normalized spacial score (nSPS) is 12.1. The molecule has 1 atom stereocenters. The second-order valence-electron chi connectivity index (χ2n) is 4.38. The van der Waals surface area contributed by atoms with E-state index in [1.165, 1.54) is 6.92 Å². The van der Waals surface area contributed by atoms with Crippen LogP contribution in [0.25, 0.3) is 10.8 Å². The number of ketones is 1. The van der Waals surface area contributed by atoms with Crippen LogP contribution < -0.4 is 5.32 Å². The Morgan fingerprint density at radius 1 is 1.16 bits per heavy atom. The van der Waals surface area contributed by atoms with Gasteiger partial charge >= 0.3 is 0 Å². The molecule has 0 saturated heterocycles. The number of amides is 1. The molecule has 0 radical (unpaired) electrons. The molecule has 1 amide bonds. The van der Waals surface area contributed by atoms with Gasteiger partial charge in [0.1, 0.15) is 6.04 Å². The van der Waals surface area contributed by atoms with Crippen molar-refractivity contribution in [2.75, 3.05) is 6.61 Å². The smallest absolute Gasteiger partial charge is 0.251 e. The van der Waals surface area contributed by atoms with Gasteiger partial charge in [0.15, 0.2) is 5.78 Å². The molecule has 0 fully saturated rings. The van der Waals surface area contributed by atoms with Crippen molar-refractivity contribution in [1.29, 1.82) is 0 Å². The molecule has 4 heteroatoms. The zero-order chi connectivity index (χ0) is 13.8. The highest BCUT2D eigenvalue weighted by Gasteiger charge is 2.16. The molecule has 2 aromatic carbocycles. The van der Waals surface area contributed by atoms with Gasteiger partial charge in [0.2, 0.25) is 0 Å². The molecule has 2 rings (SSSR count). The average molecular weight is 257 g/mol. The van der Waals surface area contributed by atoms with E-state index in [0.717, 1.165) is 10.8 Å². The summed E-state index contributed by atoms with van der Waals surface area (Å²) in [6.45, 7) is 0.941. The number of nitrogens with one attached hydrogen (secondary N) is 1. The number of hydrogen-bond donors (Lipinski definition) is 2. The Balaban J connectivity index is 2.24. The van der Waals surface area contributed by atoms with E-state index in [-0.39, 0.29) is 11.7 Å². The highest BCUT2D eigenvalue weighted by atomic mass is 16.3. The van der Waals surface area contributed by atoms with Gasteiger partial charge in [-0.2, -0.15) is 0 Å². The Hall–Kier alpha value is -2.20. The van der Waals surface area contributed by atoms with Crippen LogP contribution in [0, 0.1) is 0 Å². The maximum atomic E-state index is 12.0. The number of aliphatic hydroxyl groups excluding tert-OH is 1. The predicted octanol–water partition coefficient (Wildman–Crippen LogP) is 1.52. The number of aliphatic hydroxyl groups is 1. The van der Waals surface area contributed by atoms with Gasteiger partial charge in [-0.25, -0.2) is 0 Å². The number of carbonyl (C=O) groups excluding carboxylic acids is 2. The minimum absolute atomic E-state index is 0.267. The summed E-state index contributed by atoms with van der Waals surface area (Å²) < 4.78 is 0. The van der Waals surface area contributed by atoms with Crippen molar-refractivity contribution in [3.63, 3.8) is 0 Å². The van der Waals surface area contributed by atoms with Gasteiger partial charge in [-0.15, -0.1) is 0 Å². The van der Waals surface area contributed by atoms with Gasteiger partial charge < -0.3 is 10.4 Å². The van der Waals surface area contributed by atoms with Crippen LogP contribution in [0.15, 0.2) is 42.5 Å². The van der Waals surface area contributed by atoms with Crippen LogP contribution >= 0.6 is 0 Å². The lowest BCUT2D eigenvalue weighted by Gasteiger charge is -2.13. The number of hydrogen-bond acceptors (Lipinski definition) is 3. The van der Waals surface area contributed by atoms with Crippen LogP contribution in [0.4, 0.5) is 0 Å². The molecule has 0 aliphatic carbocycles. The molecule has 0 heterocycles. The fourth-order valence-corrected chi connectivity index (χ4v) is 1.85. The molecule has 98 valence electrons.